The molecular formula is C56H68Cl2SiZr-2. The van der Waals surface area contributed by atoms with E-state index in [4.69, 9.17) is 0 Å². The van der Waals surface area contributed by atoms with Crippen LogP contribution in [-0.4, -0.2) is 5.43 Å². The average Bonchev–Trinajstić information content (AvgIpc) is 4.10. The first-order chi connectivity index (χ1) is 28.5. The summed E-state index contributed by atoms with van der Waals surface area (Å²) in [5.74, 6) is 3.42. The van der Waals surface area contributed by atoms with Crippen molar-refractivity contribution in [1.29, 1.82) is 0 Å². The Morgan fingerprint density at radius 2 is 0.800 bits per heavy atom. The van der Waals surface area contributed by atoms with E-state index in [1.807, 2.05) is 0 Å². The molecule has 0 aromatic heterocycles. The summed E-state index contributed by atoms with van der Waals surface area (Å²) in [5, 5.41) is 5.71. The van der Waals surface area contributed by atoms with Gasteiger partial charge in [-0.15, -0.1) is 69.1 Å². The van der Waals surface area contributed by atoms with E-state index < -0.39 is 0 Å². The van der Waals surface area contributed by atoms with Crippen LogP contribution in [0.1, 0.15) is 150 Å². The molecule has 0 nitrogen and oxygen atoms in total. The van der Waals surface area contributed by atoms with Gasteiger partial charge in [-0.05, 0) is 84.5 Å². The van der Waals surface area contributed by atoms with E-state index in [1.165, 1.54) is 172 Å². The van der Waals surface area contributed by atoms with Crippen molar-refractivity contribution in [2.24, 2.45) is 11.8 Å². The van der Waals surface area contributed by atoms with E-state index in [1.54, 1.807) is 45.6 Å². The zero-order valence-corrected chi connectivity index (χ0v) is 41.6. The Hall–Kier alpha value is -2.22. The summed E-state index contributed by atoms with van der Waals surface area (Å²) in [7, 11) is 0. The molecule has 0 heterocycles. The standard InChI is InChI=1S/2C27H31.C2H6Si.2ClH.Zr/c2*1-2-9-22(10-3-1)23-13-15-24(16-14-23)26-12-6-11-25-18-21(19-27(25)26)17-20-7-4-5-8-20;1-3-2;;;/h2*6,11-16,18-20,22H,1-5,7-10,17H2;1-2H3;2*1H;/q2*-1;;;;+2/p-2. The van der Waals surface area contributed by atoms with E-state index in [0.717, 1.165) is 23.7 Å². The van der Waals surface area contributed by atoms with Crippen LogP contribution >= 0.6 is 0 Å². The van der Waals surface area contributed by atoms with Gasteiger partial charge >= 0.3 is 41.9 Å². The molecule has 4 saturated carbocycles. The van der Waals surface area contributed by atoms with Gasteiger partial charge in [-0.2, -0.15) is 12.1 Å². The average molecular weight is 931 g/mol. The molecule has 60 heavy (non-hydrogen) atoms. The first-order valence-corrected chi connectivity index (χ1v) is 29.7. The largest absolute Gasteiger partial charge is 1.00 e. The van der Waals surface area contributed by atoms with Crippen LogP contribution in [-0.2, 0) is 36.2 Å². The maximum Gasteiger partial charge on any atom is -0.0162 e. The van der Waals surface area contributed by atoms with Crippen molar-refractivity contribution in [2.75, 3.05) is 0 Å². The van der Waals surface area contributed by atoms with Crippen molar-refractivity contribution in [3.63, 3.8) is 0 Å². The summed E-state index contributed by atoms with van der Waals surface area (Å²) in [6, 6.07) is 42.5. The Bertz CT molecular complexity index is 2040. The van der Waals surface area contributed by atoms with Gasteiger partial charge in [0, 0.05) is 0 Å². The predicted molar refractivity (Wildman–Crippen MR) is 250 cm³/mol. The number of rotatable bonds is 8. The first kappa shape index (κ1) is 47.3. The summed E-state index contributed by atoms with van der Waals surface area (Å²) in [6.07, 6.45) is 28.0. The molecule has 0 radical (unpaired) electrons. The van der Waals surface area contributed by atoms with E-state index in [-0.39, 0.29) is 30.2 Å². The summed E-state index contributed by atoms with van der Waals surface area (Å²) in [4.78, 5) is 0. The van der Waals surface area contributed by atoms with Gasteiger partial charge in [0.2, 0.25) is 0 Å². The van der Waals surface area contributed by atoms with Crippen LogP contribution in [0.15, 0.2) is 109 Å². The number of benzene rings is 4. The predicted octanol–water partition coefficient (Wildman–Crippen LogP) is 10.8. The molecule has 10 rings (SSSR count). The summed E-state index contributed by atoms with van der Waals surface area (Å²) in [5.41, 5.74) is 12.0. The summed E-state index contributed by atoms with van der Waals surface area (Å²) >= 11 is 1.74. The molecule has 0 saturated heterocycles. The fourth-order valence-corrected chi connectivity index (χ4v) is 11.2. The van der Waals surface area contributed by atoms with Crippen LogP contribution in [0.3, 0.4) is 0 Å². The zero-order chi connectivity index (χ0) is 39.7. The van der Waals surface area contributed by atoms with Crippen LogP contribution in [0.2, 0.25) is 13.1 Å². The molecule has 6 aromatic carbocycles. The molecule has 0 aliphatic heterocycles. The van der Waals surface area contributed by atoms with Gasteiger partial charge in [0.25, 0.3) is 0 Å². The Kier molecular flexibility index (Phi) is 18.5. The van der Waals surface area contributed by atoms with E-state index >= 15 is 0 Å². The second-order valence-electron chi connectivity index (χ2n) is 19.0. The van der Waals surface area contributed by atoms with Gasteiger partial charge in [-0.1, -0.05) is 162 Å². The quantitative estimate of drug-likeness (QED) is 0.105. The molecule has 4 heteroatoms. The van der Waals surface area contributed by atoms with Crippen LogP contribution < -0.4 is 24.8 Å². The molecule has 0 N–H and O–H groups in total. The molecule has 0 amide bonds. The zero-order valence-electron chi connectivity index (χ0n) is 36.6. The van der Waals surface area contributed by atoms with Gasteiger partial charge in [0.15, 0.2) is 0 Å². The monoisotopic (exact) mass is 928 g/mol. The van der Waals surface area contributed by atoms with E-state index in [9.17, 15) is 0 Å². The van der Waals surface area contributed by atoms with Gasteiger partial charge in [-0.25, -0.2) is 0 Å². The van der Waals surface area contributed by atoms with Gasteiger partial charge in [-0.3, -0.25) is 0 Å². The minimum Gasteiger partial charge on any atom is -1.00 e. The van der Waals surface area contributed by atoms with Crippen molar-refractivity contribution in [3.05, 3.63) is 131 Å². The third-order valence-electron chi connectivity index (χ3n) is 14.2. The topological polar surface area (TPSA) is 0 Å². The summed E-state index contributed by atoms with van der Waals surface area (Å²) in [6.45, 7) is 4.62. The van der Waals surface area contributed by atoms with Crippen molar-refractivity contribution in [3.8, 4) is 22.3 Å². The molecule has 6 aromatic rings. The Morgan fingerprint density at radius 3 is 1.15 bits per heavy atom. The third kappa shape index (κ3) is 12.5. The molecule has 0 unspecified atom stereocenters. The second-order valence-corrected chi connectivity index (χ2v) is 28.3. The van der Waals surface area contributed by atoms with Gasteiger partial charge in [0.05, 0.1) is 0 Å². The van der Waals surface area contributed by atoms with Crippen LogP contribution in [0.4, 0.5) is 0 Å². The van der Waals surface area contributed by atoms with Gasteiger partial charge in [0.1, 0.15) is 0 Å². The van der Waals surface area contributed by atoms with Crippen molar-refractivity contribution < 1.29 is 48.1 Å². The minimum atomic E-state index is 0. The maximum atomic E-state index is 2.47. The molecule has 0 atom stereocenters. The second kappa shape index (κ2) is 23.5. The smallest absolute Gasteiger partial charge is 0.0162 e. The SMILES string of the molecule is C[Si](C)=[Zr+2].[Cl-].[Cl-].c1cc(-c2ccc(C3CCCCC3)cc2)c2cc(CC3CCCC3)[cH-]c2c1.c1cc(-c2ccc(C3CCCCC3)cc2)c2cc(CC3CCCC3)[cH-]c2c1. The molecule has 4 fully saturated rings. The molecule has 0 spiro atoms. The Balaban J connectivity index is 0.000000179. The number of hydrogen-bond acceptors (Lipinski definition) is 0. The normalized spacial score (nSPS) is 17.7. The minimum absolute atomic E-state index is 0. The fourth-order valence-electron chi connectivity index (χ4n) is 11.2. The van der Waals surface area contributed by atoms with E-state index in [0.29, 0.717) is 0 Å². The number of halogens is 2. The van der Waals surface area contributed by atoms with Crippen molar-refractivity contribution in [2.45, 2.75) is 153 Å². The van der Waals surface area contributed by atoms with Crippen molar-refractivity contribution >= 4 is 27.0 Å². The summed E-state index contributed by atoms with van der Waals surface area (Å²) < 4.78 is 0. The van der Waals surface area contributed by atoms with Gasteiger partial charge < -0.3 is 24.8 Å². The third-order valence-corrected chi connectivity index (χ3v) is 14.2. The van der Waals surface area contributed by atoms with Crippen LogP contribution in [0.25, 0.3) is 43.8 Å². The molecule has 0 bridgehead atoms. The maximum absolute atomic E-state index is 2.47. The van der Waals surface area contributed by atoms with Crippen molar-refractivity contribution in [1.82, 2.24) is 0 Å². The first-order valence-electron chi connectivity index (χ1n) is 23.6. The molecule has 4 aliphatic rings. The Labute approximate surface area is 391 Å². The molecule has 316 valence electrons. The number of hydrogen-bond donors (Lipinski definition) is 0. The molecular weight excluding hydrogens is 863 g/mol. The molecule has 4 aliphatic carbocycles. The number of fused-ring (bicyclic) bond motifs is 2. The van der Waals surface area contributed by atoms with E-state index in [2.05, 4.69) is 122 Å². The Morgan fingerprint density at radius 1 is 0.467 bits per heavy atom. The fraction of sp³-hybridized carbons (Fsp3) is 0.464. The van der Waals surface area contributed by atoms with Crippen LogP contribution in [0, 0.1) is 11.8 Å². The van der Waals surface area contributed by atoms with Crippen LogP contribution in [0.5, 0.6) is 0 Å².